The Morgan fingerprint density at radius 2 is 1.59 bits per heavy atom. The molecule has 94 valence electrons. The van der Waals surface area contributed by atoms with Crippen LogP contribution >= 0.6 is 0 Å². The van der Waals surface area contributed by atoms with Crippen molar-refractivity contribution < 1.29 is 0 Å². The van der Waals surface area contributed by atoms with Gasteiger partial charge in [0.2, 0.25) is 0 Å². The van der Waals surface area contributed by atoms with E-state index in [0.717, 1.165) is 25.4 Å². The third-order valence-electron chi connectivity index (χ3n) is 5.10. The van der Waals surface area contributed by atoms with E-state index in [-0.39, 0.29) is 0 Å². The largest absolute Gasteiger partial charge is 0.316 e. The molecule has 1 aromatic carbocycles. The van der Waals surface area contributed by atoms with Crippen LogP contribution in [0, 0.1) is 16.7 Å². The molecule has 1 saturated carbocycles. The van der Waals surface area contributed by atoms with Crippen LogP contribution in [-0.2, 0) is 6.42 Å². The van der Waals surface area contributed by atoms with Gasteiger partial charge in [-0.05, 0) is 41.8 Å². The molecule has 0 bridgehead atoms. The normalized spacial score (nSPS) is 21.4. The third-order valence-corrected chi connectivity index (χ3v) is 5.10. The van der Waals surface area contributed by atoms with Crippen LogP contribution in [-0.4, -0.2) is 13.1 Å². The second kappa shape index (κ2) is 4.45. The molecule has 1 heteroatoms. The van der Waals surface area contributed by atoms with E-state index in [1.807, 2.05) is 0 Å². The summed E-state index contributed by atoms with van der Waals surface area (Å²) < 4.78 is 0. The standard InChI is InChI=1S/C16H25N/c1-15(2)14(16(15,3)4)12-17-11-10-13-8-6-5-7-9-13/h5-9,14,17H,10-12H2,1-4H3. The van der Waals surface area contributed by atoms with Crippen molar-refractivity contribution in [1.29, 1.82) is 0 Å². The Morgan fingerprint density at radius 1 is 1.00 bits per heavy atom. The third kappa shape index (κ3) is 2.40. The highest BCUT2D eigenvalue weighted by atomic mass is 14.9. The van der Waals surface area contributed by atoms with Crippen molar-refractivity contribution in [1.82, 2.24) is 5.32 Å². The SMILES string of the molecule is CC1(C)C(CNCCc2ccccc2)C1(C)C. The lowest BCUT2D eigenvalue weighted by Crippen LogP contribution is -2.21. The molecular weight excluding hydrogens is 206 g/mol. The lowest BCUT2D eigenvalue weighted by atomic mass is 10.0. The second-order valence-electron chi connectivity index (χ2n) is 6.44. The lowest BCUT2D eigenvalue weighted by molar-refractivity contribution is 0.457. The van der Waals surface area contributed by atoms with Crippen molar-refractivity contribution in [2.45, 2.75) is 34.1 Å². The van der Waals surface area contributed by atoms with Gasteiger partial charge >= 0.3 is 0 Å². The first kappa shape index (κ1) is 12.6. The van der Waals surface area contributed by atoms with Crippen LogP contribution in [0.15, 0.2) is 30.3 Å². The second-order valence-corrected chi connectivity index (χ2v) is 6.44. The van der Waals surface area contributed by atoms with Gasteiger partial charge in [0, 0.05) is 0 Å². The average Bonchev–Trinajstić information content (AvgIpc) is 2.67. The van der Waals surface area contributed by atoms with Gasteiger partial charge in [-0.25, -0.2) is 0 Å². The maximum atomic E-state index is 3.61. The van der Waals surface area contributed by atoms with E-state index in [1.54, 1.807) is 0 Å². The monoisotopic (exact) mass is 231 g/mol. The minimum absolute atomic E-state index is 0.507. The molecule has 1 aromatic rings. The van der Waals surface area contributed by atoms with Crippen molar-refractivity contribution in [2.24, 2.45) is 16.7 Å². The smallest absolute Gasteiger partial charge is 0.000823 e. The van der Waals surface area contributed by atoms with Gasteiger partial charge in [0.25, 0.3) is 0 Å². The number of hydrogen-bond donors (Lipinski definition) is 1. The van der Waals surface area contributed by atoms with E-state index in [2.05, 4.69) is 63.3 Å². The van der Waals surface area contributed by atoms with Gasteiger partial charge in [-0.15, -0.1) is 0 Å². The Labute approximate surface area is 106 Å². The van der Waals surface area contributed by atoms with Crippen LogP contribution < -0.4 is 5.32 Å². The molecular formula is C16H25N. The molecule has 0 radical (unpaired) electrons. The summed E-state index contributed by atoms with van der Waals surface area (Å²) in [6, 6.07) is 10.7. The Morgan fingerprint density at radius 3 is 2.12 bits per heavy atom. The van der Waals surface area contributed by atoms with Gasteiger partial charge in [0.05, 0.1) is 0 Å². The molecule has 1 N–H and O–H groups in total. The average molecular weight is 231 g/mol. The number of benzene rings is 1. The zero-order valence-electron chi connectivity index (χ0n) is 11.6. The molecule has 1 aliphatic carbocycles. The minimum atomic E-state index is 0.507. The molecule has 0 amide bonds. The molecule has 0 heterocycles. The number of nitrogens with one attached hydrogen (secondary N) is 1. The minimum Gasteiger partial charge on any atom is -0.316 e. The van der Waals surface area contributed by atoms with Crippen molar-refractivity contribution in [2.75, 3.05) is 13.1 Å². The van der Waals surface area contributed by atoms with Crippen LogP contribution in [0.25, 0.3) is 0 Å². The van der Waals surface area contributed by atoms with Gasteiger partial charge in [0.1, 0.15) is 0 Å². The highest BCUT2D eigenvalue weighted by Crippen LogP contribution is 2.67. The highest BCUT2D eigenvalue weighted by Gasteiger charge is 2.63. The van der Waals surface area contributed by atoms with Crippen LogP contribution in [0.1, 0.15) is 33.3 Å². The van der Waals surface area contributed by atoms with E-state index >= 15 is 0 Å². The maximum absolute atomic E-state index is 3.61. The first-order chi connectivity index (χ1) is 7.96. The molecule has 17 heavy (non-hydrogen) atoms. The van der Waals surface area contributed by atoms with E-state index < -0.39 is 0 Å². The Kier molecular flexibility index (Phi) is 3.31. The van der Waals surface area contributed by atoms with E-state index in [0.29, 0.717) is 10.8 Å². The molecule has 1 fully saturated rings. The lowest BCUT2D eigenvalue weighted by Gasteiger charge is -2.06. The van der Waals surface area contributed by atoms with Crippen molar-refractivity contribution in [3.05, 3.63) is 35.9 Å². The van der Waals surface area contributed by atoms with Gasteiger partial charge in [-0.2, -0.15) is 0 Å². The summed E-state index contributed by atoms with van der Waals surface area (Å²) in [5, 5.41) is 3.61. The van der Waals surface area contributed by atoms with E-state index in [4.69, 9.17) is 0 Å². The van der Waals surface area contributed by atoms with Crippen LogP contribution in [0.3, 0.4) is 0 Å². The highest BCUT2D eigenvalue weighted by molar-refractivity contribution is 5.15. The van der Waals surface area contributed by atoms with Gasteiger partial charge in [0.15, 0.2) is 0 Å². The fourth-order valence-electron chi connectivity index (χ4n) is 2.97. The first-order valence-corrected chi connectivity index (χ1v) is 6.71. The predicted molar refractivity (Wildman–Crippen MR) is 74.1 cm³/mol. The predicted octanol–water partition coefficient (Wildman–Crippen LogP) is 3.50. The molecule has 0 aromatic heterocycles. The van der Waals surface area contributed by atoms with Crippen molar-refractivity contribution >= 4 is 0 Å². The maximum Gasteiger partial charge on any atom is -0.000823 e. The van der Waals surface area contributed by atoms with Gasteiger partial charge in [-0.3, -0.25) is 0 Å². The quantitative estimate of drug-likeness (QED) is 0.765. The molecule has 2 rings (SSSR count). The fourth-order valence-corrected chi connectivity index (χ4v) is 2.97. The molecule has 0 unspecified atom stereocenters. The molecule has 0 atom stereocenters. The summed E-state index contributed by atoms with van der Waals surface area (Å²) in [6.45, 7) is 11.8. The summed E-state index contributed by atoms with van der Waals surface area (Å²) in [4.78, 5) is 0. The zero-order chi connectivity index (χ0) is 12.5. The van der Waals surface area contributed by atoms with Crippen LogP contribution in [0.4, 0.5) is 0 Å². The number of rotatable bonds is 5. The Bertz CT molecular complexity index is 350. The number of hydrogen-bond acceptors (Lipinski definition) is 1. The summed E-state index contributed by atoms with van der Waals surface area (Å²) in [6.07, 6.45) is 1.13. The summed E-state index contributed by atoms with van der Waals surface area (Å²) >= 11 is 0. The van der Waals surface area contributed by atoms with Crippen LogP contribution in [0.2, 0.25) is 0 Å². The Balaban J connectivity index is 1.69. The van der Waals surface area contributed by atoms with Crippen LogP contribution in [0.5, 0.6) is 0 Å². The zero-order valence-corrected chi connectivity index (χ0v) is 11.6. The van der Waals surface area contributed by atoms with Gasteiger partial charge in [-0.1, -0.05) is 58.0 Å². The molecule has 1 nitrogen and oxygen atoms in total. The first-order valence-electron chi connectivity index (χ1n) is 6.71. The molecule has 0 aliphatic heterocycles. The molecule has 0 saturated heterocycles. The fraction of sp³-hybridized carbons (Fsp3) is 0.625. The topological polar surface area (TPSA) is 12.0 Å². The molecule has 0 spiro atoms. The molecule has 1 aliphatic rings. The summed E-state index contributed by atoms with van der Waals surface area (Å²) in [5.74, 6) is 0.825. The Hall–Kier alpha value is -0.820. The van der Waals surface area contributed by atoms with E-state index in [9.17, 15) is 0 Å². The summed E-state index contributed by atoms with van der Waals surface area (Å²) in [5.41, 5.74) is 2.44. The van der Waals surface area contributed by atoms with Gasteiger partial charge < -0.3 is 5.32 Å². The summed E-state index contributed by atoms with van der Waals surface area (Å²) in [7, 11) is 0. The van der Waals surface area contributed by atoms with Crippen molar-refractivity contribution in [3.63, 3.8) is 0 Å². The van der Waals surface area contributed by atoms with E-state index in [1.165, 1.54) is 5.56 Å². The van der Waals surface area contributed by atoms with Crippen molar-refractivity contribution in [3.8, 4) is 0 Å².